The lowest BCUT2D eigenvalue weighted by Crippen LogP contribution is -2.34. The number of likely N-dealkylation sites (tertiary alicyclic amines) is 1. The predicted molar refractivity (Wildman–Crippen MR) is 80.1 cm³/mol. The number of halogens is 2. The Labute approximate surface area is 128 Å². The maximum atomic E-state index is 13.9. The van der Waals surface area contributed by atoms with E-state index in [2.05, 4.69) is 10.2 Å². The molecule has 0 aromatic heterocycles. The molecule has 1 aromatic carbocycles. The largest absolute Gasteiger partial charge is 0.465 e. The molecule has 1 saturated heterocycles. The van der Waals surface area contributed by atoms with Gasteiger partial charge in [0.05, 0.1) is 5.02 Å². The molecule has 2 N–H and O–H groups in total. The van der Waals surface area contributed by atoms with Gasteiger partial charge in [-0.05, 0) is 44.3 Å². The van der Waals surface area contributed by atoms with Crippen LogP contribution in [0.25, 0.3) is 0 Å². The fraction of sp³-hybridized carbons (Fsp3) is 0.533. The molecular formula is C15H20ClFN2O2. The highest BCUT2D eigenvalue weighted by Gasteiger charge is 2.20. The second-order valence-corrected chi connectivity index (χ2v) is 5.86. The maximum Gasteiger partial charge on any atom is 0.404 e. The van der Waals surface area contributed by atoms with E-state index in [-0.39, 0.29) is 10.8 Å². The van der Waals surface area contributed by atoms with Crippen LogP contribution in [-0.2, 0) is 6.54 Å². The molecule has 1 heterocycles. The zero-order valence-corrected chi connectivity index (χ0v) is 12.6. The number of hydrogen-bond donors (Lipinski definition) is 2. The van der Waals surface area contributed by atoms with Crippen LogP contribution < -0.4 is 5.32 Å². The van der Waals surface area contributed by atoms with Crippen molar-refractivity contribution in [1.29, 1.82) is 0 Å². The van der Waals surface area contributed by atoms with Crippen LogP contribution in [0.5, 0.6) is 0 Å². The number of rotatable bonds is 5. The molecule has 1 aliphatic rings. The molecule has 21 heavy (non-hydrogen) atoms. The molecule has 116 valence electrons. The molecule has 0 aliphatic carbocycles. The van der Waals surface area contributed by atoms with Crippen molar-refractivity contribution in [2.75, 3.05) is 19.6 Å². The monoisotopic (exact) mass is 314 g/mol. The lowest BCUT2D eigenvalue weighted by Gasteiger charge is -2.32. The van der Waals surface area contributed by atoms with Crippen LogP contribution in [0.15, 0.2) is 18.2 Å². The summed E-state index contributed by atoms with van der Waals surface area (Å²) >= 11 is 5.79. The quantitative estimate of drug-likeness (QED) is 0.876. The second kappa shape index (κ2) is 7.61. The summed E-state index contributed by atoms with van der Waals surface area (Å²) in [5.74, 6) is 0.212. The number of nitrogens with zero attached hydrogens (tertiary/aromatic N) is 1. The Kier molecular flexibility index (Phi) is 5.82. The van der Waals surface area contributed by atoms with Crippen LogP contribution in [0.4, 0.5) is 9.18 Å². The van der Waals surface area contributed by atoms with Gasteiger partial charge in [-0.1, -0.05) is 23.7 Å². The summed E-state index contributed by atoms with van der Waals surface area (Å²) in [6.07, 6.45) is 1.93. The maximum absolute atomic E-state index is 13.9. The van der Waals surface area contributed by atoms with E-state index in [0.29, 0.717) is 24.6 Å². The van der Waals surface area contributed by atoms with Crippen molar-refractivity contribution in [1.82, 2.24) is 10.2 Å². The van der Waals surface area contributed by atoms with E-state index in [1.165, 1.54) is 0 Å². The number of carboxylic acid groups (broad SMARTS) is 1. The molecule has 0 saturated carbocycles. The number of nitrogens with one attached hydrogen (secondary N) is 1. The van der Waals surface area contributed by atoms with Crippen LogP contribution in [0.1, 0.15) is 24.8 Å². The zero-order valence-electron chi connectivity index (χ0n) is 11.8. The first-order chi connectivity index (χ1) is 10.1. The summed E-state index contributed by atoms with van der Waals surface area (Å²) in [6, 6.07) is 5.09. The summed E-state index contributed by atoms with van der Waals surface area (Å²) in [5.41, 5.74) is 0.633. The Bertz CT molecular complexity index is 491. The Morgan fingerprint density at radius 1 is 1.43 bits per heavy atom. The summed E-state index contributed by atoms with van der Waals surface area (Å²) < 4.78 is 13.9. The number of carbonyl (C=O) groups is 1. The Morgan fingerprint density at radius 2 is 2.14 bits per heavy atom. The van der Waals surface area contributed by atoms with Gasteiger partial charge in [0.1, 0.15) is 5.82 Å². The molecule has 1 fully saturated rings. The van der Waals surface area contributed by atoms with E-state index in [1.54, 1.807) is 18.2 Å². The van der Waals surface area contributed by atoms with Gasteiger partial charge < -0.3 is 10.4 Å². The third-order valence-electron chi connectivity index (χ3n) is 3.96. The van der Waals surface area contributed by atoms with Gasteiger partial charge in [0.2, 0.25) is 0 Å². The fourth-order valence-corrected chi connectivity index (χ4v) is 2.92. The molecule has 0 radical (unpaired) electrons. The molecule has 0 spiro atoms. The van der Waals surface area contributed by atoms with Crippen LogP contribution in [0.2, 0.25) is 5.02 Å². The molecule has 0 unspecified atom stereocenters. The van der Waals surface area contributed by atoms with Gasteiger partial charge in [-0.25, -0.2) is 9.18 Å². The second-order valence-electron chi connectivity index (χ2n) is 5.45. The van der Waals surface area contributed by atoms with Crippen LogP contribution in [0.3, 0.4) is 0 Å². The minimum absolute atomic E-state index is 0.169. The average molecular weight is 315 g/mol. The predicted octanol–water partition coefficient (Wildman–Crippen LogP) is 3.35. The van der Waals surface area contributed by atoms with Gasteiger partial charge in [0.15, 0.2) is 0 Å². The number of hydrogen-bond acceptors (Lipinski definition) is 2. The minimum Gasteiger partial charge on any atom is -0.465 e. The molecule has 0 bridgehead atoms. The molecular weight excluding hydrogens is 295 g/mol. The zero-order chi connectivity index (χ0) is 15.2. The number of benzene rings is 1. The van der Waals surface area contributed by atoms with Gasteiger partial charge in [-0.15, -0.1) is 0 Å². The molecule has 1 aromatic rings. The van der Waals surface area contributed by atoms with Crippen LogP contribution in [0, 0.1) is 11.7 Å². The summed E-state index contributed by atoms with van der Waals surface area (Å²) in [6.45, 7) is 2.89. The fourth-order valence-electron chi connectivity index (χ4n) is 2.73. The SMILES string of the molecule is O=C(O)NCCC1CCN(Cc2cccc(Cl)c2F)CC1. The third-order valence-corrected chi connectivity index (χ3v) is 4.25. The standard InChI is InChI=1S/C15H20ClFN2O2/c16-13-3-1-2-12(14(13)17)10-19-8-5-11(6-9-19)4-7-18-15(20)21/h1-3,11,18H,4-10H2,(H,20,21). The van der Waals surface area contributed by atoms with Crippen LogP contribution >= 0.6 is 11.6 Å². The van der Waals surface area contributed by atoms with Crippen molar-refractivity contribution in [3.8, 4) is 0 Å². The highest BCUT2D eigenvalue weighted by molar-refractivity contribution is 6.30. The Balaban J connectivity index is 1.76. The minimum atomic E-state index is -0.969. The average Bonchev–Trinajstić information content (AvgIpc) is 2.45. The first-order valence-electron chi connectivity index (χ1n) is 7.18. The van der Waals surface area contributed by atoms with Crippen molar-refractivity contribution in [2.45, 2.75) is 25.8 Å². The van der Waals surface area contributed by atoms with E-state index in [0.717, 1.165) is 32.4 Å². The molecule has 1 amide bonds. The Morgan fingerprint density at radius 3 is 2.81 bits per heavy atom. The molecule has 1 aliphatic heterocycles. The van der Waals surface area contributed by atoms with Crippen LogP contribution in [-0.4, -0.2) is 35.7 Å². The smallest absolute Gasteiger partial charge is 0.404 e. The van der Waals surface area contributed by atoms with E-state index in [9.17, 15) is 9.18 Å². The van der Waals surface area contributed by atoms with Gasteiger partial charge in [0, 0.05) is 18.7 Å². The van der Waals surface area contributed by atoms with Crippen molar-refractivity contribution in [3.05, 3.63) is 34.6 Å². The number of piperidine rings is 1. The first-order valence-corrected chi connectivity index (χ1v) is 7.56. The Hall–Kier alpha value is -1.33. The highest BCUT2D eigenvalue weighted by Crippen LogP contribution is 2.24. The van der Waals surface area contributed by atoms with E-state index in [4.69, 9.17) is 16.7 Å². The lowest BCUT2D eigenvalue weighted by atomic mass is 9.93. The highest BCUT2D eigenvalue weighted by atomic mass is 35.5. The summed E-state index contributed by atoms with van der Waals surface area (Å²) in [4.78, 5) is 12.6. The van der Waals surface area contributed by atoms with E-state index < -0.39 is 6.09 Å². The summed E-state index contributed by atoms with van der Waals surface area (Å²) in [5, 5.41) is 11.1. The van der Waals surface area contributed by atoms with Crippen molar-refractivity contribution in [3.63, 3.8) is 0 Å². The van der Waals surface area contributed by atoms with Gasteiger partial charge in [-0.3, -0.25) is 4.90 Å². The molecule has 6 heteroatoms. The summed E-state index contributed by atoms with van der Waals surface area (Å²) in [7, 11) is 0. The van der Waals surface area contributed by atoms with Crippen molar-refractivity contribution in [2.24, 2.45) is 5.92 Å². The number of amides is 1. The normalized spacial score (nSPS) is 16.9. The topological polar surface area (TPSA) is 52.6 Å². The lowest BCUT2D eigenvalue weighted by molar-refractivity contribution is 0.167. The van der Waals surface area contributed by atoms with Gasteiger partial charge in [0.25, 0.3) is 0 Å². The van der Waals surface area contributed by atoms with E-state index >= 15 is 0 Å². The first kappa shape index (κ1) is 16.0. The van der Waals surface area contributed by atoms with Gasteiger partial charge in [-0.2, -0.15) is 0 Å². The van der Waals surface area contributed by atoms with E-state index in [1.807, 2.05) is 0 Å². The van der Waals surface area contributed by atoms with Crippen molar-refractivity contribution >= 4 is 17.7 Å². The molecule has 2 rings (SSSR count). The van der Waals surface area contributed by atoms with Gasteiger partial charge >= 0.3 is 6.09 Å². The van der Waals surface area contributed by atoms with Crippen molar-refractivity contribution < 1.29 is 14.3 Å². The molecule has 0 atom stereocenters. The molecule has 4 nitrogen and oxygen atoms in total. The third kappa shape index (κ3) is 4.86.